The van der Waals surface area contributed by atoms with Crippen molar-refractivity contribution in [3.63, 3.8) is 0 Å². The van der Waals surface area contributed by atoms with E-state index in [1.807, 2.05) is 13.8 Å². The number of anilines is 1. The van der Waals surface area contributed by atoms with E-state index in [9.17, 15) is 4.79 Å². The zero-order chi connectivity index (χ0) is 18.8. The minimum absolute atomic E-state index is 0.0840. The highest BCUT2D eigenvalue weighted by Gasteiger charge is 2.14. The largest absolute Gasteiger partial charge is 0.473 e. The molecule has 1 aromatic carbocycles. The number of pyridine rings is 1. The van der Waals surface area contributed by atoms with Gasteiger partial charge < -0.3 is 15.8 Å². The van der Waals surface area contributed by atoms with Gasteiger partial charge in [0.2, 0.25) is 11.8 Å². The maximum atomic E-state index is 11.8. The Morgan fingerprint density at radius 1 is 1.19 bits per heavy atom. The summed E-state index contributed by atoms with van der Waals surface area (Å²) in [6.07, 6.45) is -0.0840. The molecule has 0 aliphatic rings. The van der Waals surface area contributed by atoms with E-state index in [2.05, 4.69) is 20.3 Å². The van der Waals surface area contributed by atoms with Gasteiger partial charge in [-0.1, -0.05) is 17.7 Å². The second-order valence-corrected chi connectivity index (χ2v) is 6.30. The topological polar surface area (TPSA) is 103 Å². The fourth-order valence-electron chi connectivity index (χ4n) is 2.46. The van der Waals surface area contributed by atoms with Crippen molar-refractivity contribution in [2.75, 3.05) is 12.8 Å². The van der Waals surface area contributed by atoms with Crippen molar-refractivity contribution in [3.05, 3.63) is 40.9 Å². The minimum Gasteiger partial charge on any atom is -0.473 e. The number of nitrogens with two attached hydrogens (primary N) is 1. The van der Waals surface area contributed by atoms with Crippen LogP contribution in [0.2, 0.25) is 5.02 Å². The molecule has 134 valence electrons. The highest BCUT2D eigenvalue weighted by molar-refractivity contribution is 6.34. The summed E-state index contributed by atoms with van der Waals surface area (Å²) in [5.74, 6) is 0.211. The second-order valence-electron chi connectivity index (χ2n) is 5.89. The molecule has 0 bridgehead atoms. The number of hydrogen-bond acceptors (Lipinski definition) is 6. The minimum atomic E-state index is -0.246. The summed E-state index contributed by atoms with van der Waals surface area (Å²) in [5.41, 5.74) is 8.66. The van der Waals surface area contributed by atoms with Crippen molar-refractivity contribution in [1.29, 1.82) is 0 Å². The van der Waals surface area contributed by atoms with Gasteiger partial charge in [-0.2, -0.15) is 4.98 Å². The normalized spacial score (nSPS) is 11.0. The van der Waals surface area contributed by atoms with Crippen LogP contribution < -0.4 is 15.8 Å². The molecule has 0 atom stereocenters. The monoisotopic (exact) mass is 371 g/mol. The lowest BCUT2D eigenvalue weighted by Gasteiger charge is -2.12. The molecule has 2 heterocycles. The molecule has 3 rings (SSSR count). The van der Waals surface area contributed by atoms with E-state index < -0.39 is 0 Å². The maximum absolute atomic E-state index is 11.8. The van der Waals surface area contributed by atoms with Crippen molar-refractivity contribution in [3.8, 4) is 17.1 Å². The van der Waals surface area contributed by atoms with Gasteiger partial charge in [-0.3, -0.25) is 4.79 Å². The molecule has 0 saturated heterocycles. The van der Waals surface area contributed by atoms with Crippen LogP contribution in [-0.2, 0) is 0 Å². The molecule has 0 radical (unpaired) electrons. The molecule has 0 aliphatic carbocycles. The van der Waals surface area contributed by atoms with E-state index in [4.69, 9.17) is 22.1 Å². The summed E-state index contributed by atoms with van der Waals surface area (Å²) in [7, 11) is 1.55. The SMILES string of the molecule is CNC(=O)c1ccc(-c2ccc3nc(N)nc(OC(C)C)c3n2)cc1Cl. The number of hydrogen-bond donors (Lipinski definition) is 2. The number of rotatable bonds is 4. The molecule has 0 spiro atoms. The summed E-state index contributed by atoms with van der Waals surface area (Å²) in [5, 5.41) is 2.90. The molecule has 3 N–H and O–H groups in total. The lowest BCUT2D eigenvalue weighted by atomic mass is 10.1. The molecule has 0 fully saturated rings. The Kier molecular flexibility index (Phi) is 4.90. The van der Waals surface area contributed by atoms with Crippen molar-refractivity contribution in [2.24, 2.45) is 0 Å². The smallest absolute Gasteiger partial charge is 0.252 e. The fraction of sp³-hybridized carbons (Fsp3) is 0.222. The molecular formula is C18H18ClN5O2. The Bertz CT molecular complexity index is 991. The Labute approximate surface area is 155 Å². The number of aromatic nitrogens is 3. The van der Waals surface area contributed by atoms with Crippen molar-refractivity contribution in [1.82, 2.24) is 20.3 Å². The Morgan fingerprint density at radius 2 is 1.96 bits per heavy atom. The predicted octanol–water partition coefficient (Wildman–Crippen LogP) is 3.07. The van der Waals surface area contributed by atoms with Gasteiger partial charge in [-0.05, 0) is 38.1 Å². The van der Waals surface area contributed by atoms with E-state index in [1.54, 1.807) is 37.4 Å². The number of benzene rings is 1. The number of halogens is 1. The molecule has 8 heteroatoms. The van der Waals surface area contributed by atoms with E-state index >= 15 is 0 Å². The van der Waals surface area contributed by atoms with Crippen LogP contribution in [0.5, 0.6) is 5.88 Å². The number of carbonyl (C=O) groups excluding carboxylic acids is 1. The highest BCUT2D eigenvalue weighted by atomic mass is 35.5. The first kappa shape index (κ1) is 17.9. The van der Waals surface area contributed by atoms with Gasteiger partial charge in [0.1, 0.15) is 0 Å². The third-order valence-corrected chi connectivity index (χ3v) is 3.92. The van der Waals surface area contributed by atoms with E-state index in [1.165, 1.54) is 0 Å². The molecule has 26 heavy (non-hydrogen) atoms. The Hall–Kier alpha value is -2.93. The Balaban J connectivity index is 2.10. The maximum Gasteiger partial charge on any atom is 0.252 e. The van der Waals surface area contributed by atoms with Crippen LogP contribution in [0.1, 0.15) is 24.2 Å². The van der Waals surface area contributed by atoms with Crippen LogP contribution in [0, 0.1) is 0 Å². The van der Waals surface area contributed by atoms with Crippen LogP contribution in [0.4, 0.5) is 5.95 Å². The molecule has 0 unspecified atom stereocenters. The number of nitrogens with zero attached hydrogens (tertiary/aromatic N) is 3. The van der Waals surface area contributed by atoms with Gasteiger partial charge in [0.25, 0.3) is 5.91 Å². The summed E-state index contributed by atoms with van der Waals surface area (Å²) in [6.45, 7) is 3.79. The lowest BCUT2D eigenvalue weighted by Crippen LogP contribution is -2.18. The van der Waals surface area contributed by atoms with Crippen LogP contribution in [0.25, 0.3) is 22.3 Å². The van der Waals surface area contributed by atoms with Gasteiger partial charge in [0.15, 0.2) is 5.52 Å². The van der Waals surface area contributed by atoms with Crippen LogP contribution in [-0.4, -0.2) is 34.0 Å². The fourth-order valence-corrected chi connectivity index (χ4v) is 2.73. The third kappa shape index (κ3) is 3.52. The molecule has 7 nitrogen and oxygen atoms in total. The average molecular weight is 372 g/mol. The van der Waals surface area contributed by atoms with Crippen molar-refractivity contribution >= 4 is 34.5 Å². The van der Waals surface area contributed by atoms with Crippen LogP contribution >= 0.6 is 11.6 Å². The molecular weight excluding hydrogens is 354 g/mol. The quantitative estimate of drug-likeness (QED) is 0.730. The summed E-state index contributed by atoms with van der Waals surface area (Å²) >= 11 is 6.24. The van der Waals surface area contributed by atoms with Gasteiger partial charge in [0.05, 0.1) is 27.9 Å². The molecule has 3 aromatic rings. The first-order valence-corrected chi connectivity index (χ1v) is 8.39. The zero-order valence-electron chi connectivity index (χ0n) is 14.6. The Morgan fingerprint density at radius 3 is 2.62 bits per heavy atom. The van der Waals surface area contributed by atoms with Crippen molar-refractivity contribution < 1.29 is 9.53 Å². The lowest BCUT2D eigenvalue weighted by molar-refractivity contribution is 0.0963. The number of amides is 1. The summed E-state index contributed by atoms with van der Waals surface area (Å²) in [6, 6.07) is 8.74. The standard InChI is InChI=1S/C18H18ClN5O2/c1-9(2)26-17-15-14(23-18(20)24-17)7-6-13(22-15)10-4-5-11(12(19)8-10)16(25)21-3/h4-9H,1-3H3,(H,21,25)(H2,20,23,24). The zero-order valence-corrected chi connectivity index (χ0v) is 15.3. The van der Waals surface area contributed by atoms with Crippen LogP contribution in [0.3, 0.4) is 0 Å². The van der Waals surface area contributed by atoms with E-state index in [0.717, 1.165) is 5.56 Å². The van der Waals surface area contributed by atoms with Gasteiger partial charge in [-0.15, -0.1) is 0 Å². The number of nitrogen functional groups attached to an aromatic ring is 1. The number of ether oxygens (including phenoxy) is 1. The van der Waals surface area contributed by atoms with Gasteiger partial charge in [0, 0.05) is 12.6 Å². The molecule has 2 aromatic heterocycles. The van der Waals surface area contributed by atoms with Gasteiger partial charge in [-0.25, -0.2) is 9.97 Å². The molecule has 0 saturated carbocycles. The first-order chi connectivity index (χ1) is 12.4. The summed E-state index contributed by atoms with van der Waals surface area (Å²) in [4.78, 5) is 24.7. The van der Waals surface area contributed by atoms with Crippen LogP contribution in [0.15, 0.2) is 30.3 Å². The first-order valence-electron chi connectivity index (χ1n) is 8.02. The average Bonchev–Trinajstić information content (AvgIpc) is 2.60. The number of fused-ring (bicyclic) bond motifs is 1. The second kappa shape index (κ2) is 7.13. The molecule has 0 aliphatic heterocycles. The van der Waals surface area contributed by atoms with Crippen molar-refractivity contribution in [2.45, 2.75) is 20.0 Å². The number of carbonyl (C=O) groups is 1. The summed E-state index contributed by atoms with van der Waals surface area (Å²) < 4.78 is 5.72. The third-order valence-electron chi connectivity index (χ3n) is 3.61. The molecule has 1 amide bonds. The highest BCUT2D eigenvalue weighted by Crippen LogP contribution is 2.29. The van der Waals surface area contributed by atoms with Gasteiger partial charge >= 0.3 is 0 Å². The van der Waals surface area contributed by atoms with E-state index in [0.29, 0.717) is 33.2 Å². The van der Waals surface area contributed by atoms with E-state index in [-0.39, 0.29) is 18.0 Å². The number of nitrogens with one attached hydrogen (secondary N) is 1. The predicted molar refractivity (Wildman–Crippen MR) is 101 cm³/mol.